The molecule has 6 heteroatoms. The molecule has 0 aliphatic heterocycles. The largest absolute Gasteiger partial charge is 0.478 e. The first-order valence-electron chi connectivity index (χ1n) is 8.10. The topological polar surface area (TPSA) is 110 Å². The molecular formula is C21H16N4O2. The number of nitriles is 2. The Morgan fingerprint density at radius 3 is 2.37 bits per heavy atom. The summed E-state index contributed by atoms with van der Waals surface area (Å²) in [5.41, 5.74) is 1.92. The zero-order chi connectivity index (χ0) is 19.8. The molecule has 0 heterocycles. The fourth-order valence-electron chi connectivity index (χ4n) is 2.45. The van der Waals surface area contributed by atoms with Crippen LogP contribution < -0.4 is 0 Å². The van der Waals surface area contributed by atoms with Crippen LogP contribution in [0.1, 0.15) is 35.6 Å². The average Bonchev–Trinajstić information content (AvgIpc) is 2.69. The molecule has 0 aliphatic carbocycles. The molecular weight excluding hydrogens is 340 g/mol. The van der Waals surface area contributed by atoms with Crippen LogP contribution in [0.25, 0.3) is 12.2 Å². The molecule has 0 spiro atoms. The number of carbonyl (C=O) groups is 1. The van der Waals surface area contributed by atoms with Crippen LogP contribution in [-0.2, 0) is 4.79 Å². The minimum absolute atomic E-state index is 0.0817. The van der Waals surface area contributed by atoms with Gasteiger partial charge in [0.05, 0.1) is 22.5 Å². The predicted octanol–water partition coefficient (Wildman–Crippen LogP) is 5.37. The number of carboxylic acid groups (broad SMARTS) is 1. The summed E-state index contributed by atoms with van der Waals surface area (Å²) in [5.74, 6) is -1.08. The number of hydrogen-bond acceptors (Lipinski definition) is 5. The van der Waals surface area contributed by atoms with Crippen LogP contribution in [0.5, 0.6) is 0 Å². The molecule has 0 amide bonds. The van der Waals surface area contributed by atoms with Crippen molar-refractivity contribution in [3.05, 3.63) is 70.8 Å². The van der Waals surface area contributed by atoms with Crippen LogP contribution in [0.15, 0.2) is 58.8 Å². The highest BCUT2D eigenvalue weighted by Crippen LogP contribution is 2.32. The Labute approximate surface area is 157 Å². The van der Waals surface area contributed by atoms with E-state index in [2.05, 4.69) is 16.8 Å². The zero-order valence-electron chi connectivity index (χ0n) is 14.7. The van der Waals surface area contributed by atoms with Crippen molar-refractivity contribution in [2.24, 2.45) is 10.2 Å². The molecule has 0 saturated carbocycles. The third-order valence-electron chi connectivity index (χ3n) is 3.82. The number of aliphatic carboxylic acids is 1. The summed E-state index contributed by atoms with van der Waals surface area (Å²) in [4.78, 5) is 11.3. The van der Waals surface area contributed by atoms with Gasteiger partial charge in [-0.3, -0.25) is 0 Å². The van der Waals surface area contributed by atoms with Gasteiger partial charge in [0.1, 0.15) is 12.1 Å². The van der Waals surface area contributed by atoms with Crippen LogP contribution in [0.4, 0.5) is 11.4 Å². The Kier molecular flexibility index (Phi) is 6.35. The second-order valence-corrected chi connectivity index (χ2v) is 5.44. The molecule has 0 radical (unpaired) electrons. The monoisotopic (exact) mass is 356 g/mol. The Hall–Kier alpha value is -4.03. The Morgan fingerprint density at radius 1 is 1.19 bits per heavy atom. The van der Waals surface area contributed by atoms with E-state index in [1.54, 1.807) is 25.1 Å². The number of benzene rings is 2. The van der Waals surface area contributed by atoms with Crippen LogP contribution >= 0.6 is 0 Å². The molecule has 1 N–H and O–H groups in total. The van der Waals surface area contributed by atoms with E-state index in [1.807, 2.05) is 30.3 Å². The molecule has 27 heavy (non-hydrogen) atoms. The van der Waals surface area contributed by atoms with Crippen LogP contribution in [0.3, 0.4) is 0 Å². The van der Waals surface area contributed by atoms with Crippen LogP contribution in [0.2, 0.25) is 0 Å². The van der Waals surface area contributed by atoms with Crippen LogP contribution in [-0.4, -0.2) is 11.1 Å². The second kappa shape index (κ2) is 8.89. The molecule has 0 fully saturated rings. The minimum atomic E-state index is -1.08. The summed E-state index contributed by atoms with van der Waals surface area (Å²) < 4.78 is 0. The van der Waals surface area contributed by atoms with Crippen molar-refractivity contribution in [1.82, 2.24) is 0 Å². The highest BCUT2D eigenvalue weighted by atomic mass is 16.4. The number of azo groups is 1. The van der Waals surface area contributed by atoms with Gasteiger partial charge in [-0.15, -0.1) is 5.11 Å². The zero-order valence-corrected chi connectivity index (χ0v) is 14.7. The van der Waals surface area contributed by atoms with Gasteiger partial charge in [-0.1, -0.05) is 37.8 Å². The molecule has 0 aliphatic rings. The van der Waals surface area contributed by atoms with Crippen molar-refractivity contribution in [2.75, 3.05) is 0 Å². The highest BCUT2D eigenvalue weighted by Gasteiger charge is 2.17. The van der Waals surface area contributed by atoms with Gasteiger partial charge >= 0.3 is 5.97 Å². The van der Waals surface area contributed by atoms with Crippen molar-refractivity contribution in [1.29, 1.82) is 10.5 Å². The number of hydrogen-bond donors (Lipinski definition) is 1. The summed E-state index contributed by atoms with van der Waals surface area (Å²) in [7, 11) is 0. The standard InChI is InChI=1S/C21H16N4O2/c1-3-14(21(26)27)10-15-11-20(25-24-16-8-6-5-7-9-16)17(4-2)19(13-23)18(15)12-22/h4-11H,2-3H2,1H3,(H,26,27). The first-order valence-corrected chi connectivity index (χ1v) is 8.10. The number of rotatable bonds is 6. The molecule has 0 unspecified atom stereocenters. The van der Waals surface area contributed by atoms with Crippen molar-refractivity contribution in [3.8, 4) is 12.1 Å². The molecule has 0 bridgehead atoms. The first-order chi connectivity index (χ1) is 13.0. The van der Waals surface area contributed by atoms with Gasteiger partial charge in [0, 0.05) is 11.1 Å². The van der Waals surface area contributed by atoms with Gasteiger partial charge in [0.25, 0.3) is 0 Å². The van der Waals surface area contributed by atoms with Crippen molar-refractivity contribution < 1.29 is 9.90 Å². The predicted molar refractivity (Wildman–Crippen MR) is 102 cm³/mol. The average molecular weight is 356 g/mol. The Balaban J connectivity index is 2.73. The summed E-state index contributed by atoms with van der Waals surface area (Å²) in [6, 6.07) is 14.5. The van der Waals surface area contributed by atoms with Crippen molar-refractivity contribution in [2.45, 2.75) is 13.3 Å². The Morgan fingerprint density at radius 2 is 1.85 bits per heavy atom. The lowest BCUT2D eigenvalue weighted by molar-refractivity contribution is -0.132. The van der Waals surface area contributed by atoms with Gasteiger partial charge in [-0.2, -0.15) is 15.6 Å². The lowest BCUT2D eigenvalue weighted by Crippen LogP contribution is -2.00. The summed E-state index contributed by atoms with van der Waals surface area (Å²) >= 11 is 0. The normalized spacial score (nSPS) is 11.0. The van der Waals surface area contributed by atoms with E-state index in [0.29, 0.717) is 22.5 Å². The molecule has 2 aromatic carbocycles. The molecule has 2 aromatic rings. The molecule has 6 nitrogen and oxygen atoms in total. The van der Waals surface area contributed by atoms with Gasteiger partial charge in [0.2, 0.25) is 0 Å². The maximum atomic E-state index is 11.3. The quantitative estimate of drug-likeness (QED) is 0.554. The smallest absolute Gasteiger partial charge is 0.331 e. The van der Waals surface area contributed by atoms with Gasteiger partial charge in [-0.05, 0) is 36.3 Å². The minimum Gasteiger partial charge on any atom is -0.478 e. The highest BCUT2D eigenvalue weighted by molar-refractivity contribution is 5.93. The second-order valence-electron chi connectivity index (χ2n) is 5.44. The molecule has 0 aromatic heterocycles. The third-order valence-corrected chi connectivity index (χ3v) is 3.82. The number of nitrogens with zero attached hydrogens (tertiary/aromatic N) is 4. The van der Waals surface area contributed by atoms with E-state index in [0.717, 1.165) is 0 Å². The van der Waals surface area contributed by atoms with E-state index >= 15 is 0 Å². The lowest BCUT2D eigenvalue weighted by atomic mass is 9.94. The van der Waals surface area contributed by atoms with Gasteiger partial charge < -0.3 is 5.11 Å². The SMILES string of the molecule is C=Cc1c(N=Nc2ccccc2)cc(C=C(CC)C(=O)O)c(C#N)c1C#N. The Bertz CT molecular complexity index is 1020. The summed E-state index contributed by atoms with van der Waals surface area (Å²) in [6.45, 7) is 5.39. The van der Waals surface area contributed by atoms with Crippen LogP contribution in [0, 0.1) is 22.7 Å². The van der Waals surface area contributed by atoms with Crippen molar-refractivity contribution in [3.63, 3.8) is 0 Å². The first kappa shape index (κ1) is 19.3. The van der Waals surface area contributed by atoms with Gasteiger partial charge in [0.15, 0.2) is 0 Å². The maximum absolute atomic E-state index is 11.3. The molecule has 0 atom stereocenters. The van der Waals surface area contributed by atoms with E-state index in [9.17, 15) is 20.4 Å². The van der Waals surface area contributed by atoms with Gasteiger partial charge in [-0.25, -0.2) is 4.79 Å². The fraction of sp³-hybridized carbons (Fsp3) is 0.0952. The van der Waals surface area contributed by atoms with Crippen molar-refractivity contribution >= 4 is 29.5 Å². The molecule has 132 valence electrons. The summed E-state index contributed by atoms with van der Waals surface area (Å²) in [5, 5.41) is 36.6. The number of carboxylic acids is 1. The van der Waals surface area contributed by atoms with E-state index in [1.165, 1.54) is 12.2 Å². The lowest BCUT2D eigenvalue weighted by Gasteiger charge is -2.09. The third kappa shape index (κ3) is 4.33. The molecule has 2 rings (SSSR count). The van der Waals surface area contributed by atoms with E-state index in [-0.39, 0.29) is 23.1 Å². The molecule has 0 saturated heterocycles. The summed E-state index contributed by atoms with van der Waals surface area (Å²) in [6.07, 6.45) is 3.09. The maximum Gasteiger partial charge on any atom is 0.331 e. The fourth-order valence-corrected chi connectivity index (χ4v) is 2.45. The van der Waals surface area contributed by atoms with E-state index < -0.39 is 5.97 Å². The van der Waals surface area contributed by atoms with E-state index in [4.69, 9.17) is 0 Å².